The highest BCUT2D eigenvalue weighted by Gasteiger charge is 2.53. The number of fused-ring (bicyclic) bond motifs is 1. The van der Waals surface area contributed by atoms with Crippen LogP contribution in [0.3, 0.4) is 0 Å². The van der Waals surface area contributed by atoms with Crippen molar-refractivity contribution in [1.29, 1.82) is 0 Å². The molecule has 3 aliphatic heterocycles. The number of allylic oxidation sites excluding steroid dienone is 1. The van der Waals surface area contributed by atoms with Crippen LogP contribution in [0.1, 0.15) is 50.9 Å². The van der Waals surface area contributed by atoms with E-state index in [0.29, 0.717) is 18.5 Å². The SMILES string of the molecule is CC=C(C)C1CN(C(=O)C(CC(C)CC)NC(=O)c2ccc(-c3csc(N4CCN(C)CC4)n3)cc2)C2C(=O)COC12. The second-order valence-corrected chi connectivity index (χ2v) is 12.8. The second-order valence-electron chi connectivity index (χ2n) is 12.0. The van der Waals surface area contributed by atoms with Gasteiger partial charge in [0.05, 0.1) is 11.8 Å². The topological polar surface area (TPSA) is 95.1 Å². The minimum Gasteiger partial charge on any atom is -0.367 e. The third-order valence-electron chi connectivity index (χ3n) is 9.16. The van der Waals surface area contributed by atoms with Crippen LogP contribution in [0.15, 0.2) is 41.3 Å². The van der Waals surface area contributed by atoms with Crippen LogP contribution in [0.4, 0.5) is 5.13 Å². The summed E-state index contributed by atoms with van der Waals surface area (Å²) in [5, 5.41) is 6.10. The van der Waals surface area contributed by atoms with Crippen molar-refractivity contribution in [2.75, 3.05) is 51.3 Å². The van der Waals surface area contributed by atoms with Crippen molar-refractivity contribution in [3.63, 3.8) is 0 Å². The van der Waals surface area contributed by atoms with Gasteiger partial charge < -0.3 is 24.8 Å². The fourth-order valence-corrected chi connectivity index (χ4v) is 6.95. The van der Waals surface area contributed by atoms with Crippen molar-refractivity contribution in [2.24, 2.45) is 11.8 Å². The maximum absolute atomic E-state index is 14.0. The largest absolute Gasteiger partial charge is 0.367 e. The van der Waals surface area contributed by atoms with Gasteiger partial charge in [0.1, 0.15) is 18.7 Å². The van der Waals surface area contributed by atoms with Crippen LogP contribution in [0.25, 0.3) is 11.3 Å². The van der Waals surface area contributed by atoms with Crippen LogP contribution in [0, 0.1) is 11.8 Å². The van der Waals surface area contributed by atoms with E-state index in [1.807, 2.05) is 32.1 Å². The van der Waals surface area contributed by atoms with Gasteiger partial charge >= 0.3 is 0 Å². The molecule has 1 aromatic carbocycles. The fourth-order valence-electron chi connectivity index (χ4n) is 6.06. The number of anilines is 1. The Morgan fingerprint density at radius 3 is 2.57 bits per heavy atom. The number of Topliss-reactive ketones (excluding diaryl/α,β-unsaturated/α-hetero) is 1. The molecule has 0 aliphatic carbocycles. The molecule has 42 heavy (non-hydrogen) atoms. The first kappa shape index (κ1) is 30.4. The molecule has 0 spiro atoms. The number of thiazole rings is 1. The van der Waals surface area contributed by atoms with E-state index in [2.05, 4.69) is 41.4 Å². The van der Waals surface area contributed by atoms with Crippen LogP contribution >= 0.6 is 11.3 Å². The number of carbonyl (C=O) groups excluding carboxylic acids is 3. The molecule has 2 amide bonds. The monoisotopic (exact) mass is 593 g/mol. The number of likely N-dealkylation sites (N-methyl/N-ethyl adjacent to an activating group) is 1. The molecule has 1 aromatic heterocycles. The Kier molecular flexibility index (Phi) is 9.44. The number of hydrogen-bond donors (Lipinski definition) is 1. The third kappa shape index (κ3) is 6.31. The zero-order chi connectivity index (χ0) is 30.0. The highest BCUT2D eigenvalue weighted by Crippen LogP contribution is 2.36. The molecule has 1 N–H and O–H groups in total. The van der Waals surface area contributed by atoms with Crippen LogP contribution < -0.4 is 10.2 Å². The van der Waals surface area contributed by atoms with E-state index in [0.717, 1.165) is 54.6 Å². The molecule has 5 atom stereocenters. The van der Waals surface area contributed by atoms with Crippen LogP contribution in [0.5, 0.6) is 0 Å². The molecule has 0 radical (unpaired) electrons. The highest BCUT2D eigenvalue weighted by atomic mass is 32.1. The lowest BCUT2D eigenvalue weighted by molar-refractivity contribution is -0.138. The van der Waals surface area contributed by atoms with Crippen molar-refractivity contribution >= 4 is 34.1 Å². The lowest BCUT2D eigenvalue weighted by atomic mass is 9.94. The smallest absolute Gasteiger partial charge is 0.251 e. The first-order valence-corrected chi connectivity index (χ1v) is 16.0. The second kappa shape index (κ2) is 13.1. The maximum atomic E-state index is 14.0. The summed E-state index contributed by atoms with van der Waals surface area (Å²) in [6.07, 6.45) is 3.08. The third-order valence-corrected chi connectivity index (χ3v) is 10.1. The molecule has 3 fully saturated rings. The van der Waals surface area contributed by atoms with Crippen LogP contribution in [0.2, 0.25) is 0 Å². The molecule has 4 heterocycles. The van der Waals surface area contributed by atoms with Gasteiger partial charge in [0.2, 0.25) is 5.91 Å². The Morgan fingerprint density at radius 1 is 1.19 bits per heavy atom. The van der Waals surface area contributed by atoms with Gasteiger partial charge in [0.25, 0.3) is 5.91 Å². The van der Waals surface area contributed by atoms with Gasteiger partial charge in [-0.3, -0.25) is 14.4 Å². The van der Waals surface area contributed by atoms with Gasteiger partial charge in [-0.2, -0.15) is 0 Å². The molecule has 5 rings (SSSR count). The van der Waals surface area contributed by atoms with Crippen LogP contribution in [-0.2, 0) is 14.3 Å². The van der Waals surface area contributed by atoms with Crippen molar-refractivity contribution in [3.8, 4) is 11.3 Å². The van der Waals surface area contributed by atoms with Crippen molar-refractivity contribution in [2.45, 2.75) is 58.7 Å². The van der Waals surface area contributed by atoms with Gasteiger partial charge in [0, 0.05) is 55.1 Å². The number of ketones is 1. The molecule has 9 nitrogen and oxygen atoms in total. The molecule has 3 aliphatic rings. The molecule has 226 valence electrons. The van der Waals surface area contributed by atoms with E-state index in [1.54, 1.807) is 28.4 Å². The normalized spacial score (nSPS) is 24.5. The number of likely N-dealkylation sites (tertiary alicyclic amines) is 1. The first-order valence-electron chi connectivity index (χ1n) is 15.1. The standard InChI is InChI=1S/C32H43N5O4S/c1-6-20(3)16-25(31(40)37-17-24(21(4)7-2)29-28(37)27(38)18-41-29)33-30(39)23-10-8-22(9-11-23)26-19-42-32(34-26)36-14-12-35(5)13-15-36/h7-11,19-20,24-25,28-29H,6,12-18H2,1-5H3,(H,33,39). The van der Waals surface area contributed by atoms with E-state index < -0.39 is 12.1 Å². The molecule has 5 unspecified atom stereocenters. The molecular formula is C32H43N5O4S. The number of rotatable bonds is 9. The summed E-state index contributed by atoms with van der Waals surface area (Å²) in [7, 11) is 2.14. The minimum atomic E-state index is -0.726. The lowest BCUT2D eigenvalue weighted by Gasteiger charge is -2.32. The Bertz CT molecular complexity index is 1320. The number of ether oxygens (including phenoxy) is 1. The van der Waals surface area contributed by atoms with Gasteiger partial charge in [-0.15, -0.1) is 11.3 Å². The van der Waals surface area contributed by atoms with Crippen molar-refractivity contribution < 1.29 is 19.1 Å². The first-order chi connectivity index (χ1) is 20.2. The zero-order valence-corrected chi connectivity index (χ0v) is 26.2. The van der Waals surface area contributed by atoms with Crippen molar-refractivity contribution in [1.82, 2.24) is 20.1 Å². The molecular weight excluding hydrogens is 550 g/mol. The zero-order valence-electron chi connectivity index (χ0n) is 25.3. The summed E-state index contributed by atoms with van der Waals surface area (Å²) in [5.41, 5.74) is 3.43. The number of piperazine rings is 1. The van der Waals surface area contributed by atoms with E-state index in [4.69, 9.17) is 9.72 Å². The van der Waals surface area contributed by atoms with Gasteiger partial charge in [-0.1, -0.05) is 44.1 Å². The van der Waals surface area contributed by atoms with E-state index in [-0.39, 0.29) is 42.1 Å². The number of nitrogens with one attached hydrogen (secondary N) is 1. The van der Waals surface area contributed by atoms with Gasteiger partial charge in [0.15, 0.2) is 10.9 Å². The Balaban J connectivity index is 1.29. The average molecular weight is 594 g/mol. The maximum Gasteiger partial charge on any atom is 0.251 e. The molecule has 0 bridgehead atoms. The highest BCUT2D eigenvalue weighted by molar-refractivity contribution is 7.14. The summed E-state index contributed by atoms with van der Waals surface area (Å²) in [4.78, 5) is 51.3. The number of amides is 2. The predicted octanol–water partition coefficient (Wildman–Crippen LogP) is 3.86. The summed E-state index contributed by atoms with van der Waals surface area (Å²) >= 11 is 1.64. The molecule has 2 aromatic rings. The van der Waals surface area contributed by atoms with E-state index >= 15 is 0 Å². The number of carbonyl (C=O) groups is 3. The number of nitrogens with zero attached hydrogens (tertiary/aromatic N) is 4. The summed E-state index contributed by atoms with van der Waals surface area (Å²) in [6.45, 7) is 12.6. The summed E-state index contributed by atoms with van der Waals surface area (Å²) < 4.78 is 5.84. The number of aromatic nitrogens is 1. The summed E-state index contributed by atoms with van der Waals surface area (Å²) in [5.74, 6) is -0.375. The number of hydrogen-bond acceptors (Lipinski definition) is 8. The van der Waals surface area contributed by atoms with E-state index in [1.165, 1.54) is 0 Å². The average Bonchev–Trinajstić information content (AvgIpc) is 3.74. The quantitative estimate of drug-likeness (QED) is 0.442. The minimum absolute atomic E-state index is 0.0228. The lowest BCUT2D eigenvalue weighted by Crippen LogP contribution is -2.52. The summed E-state index contributed by atoms with van der Waals surface area (Å²) in [6, 6.07) is 6.07. The Labute approximate surface area is 252 Å². The van der Waals surface area contributed by atoms with Gasteiger partial charge in [-0.25, -0.2) is 4.98 Å². The predicted molar refractivity (Wildman–Crippen MR) is 166 cm³/mol. The van der Waals surface area contributed by atoms with Crippen molar-refractivity contribution in [3.05, 3.63) is 46.9 Å². The molecule has 0 saturated carbocycles. The fraction of sp³-hybridized carbons (Fsp3) is 0.562. The molecule has 10 heteroatoms. The number of benzene rings is 1. The Hall–Kier alpha value is -3.08. The Morgan fingerprint density at radius 2 is 1.90 bits per heavy atom. The van der Waals surface area contributed by atoms with E-state index in [9.17, 15) is 14.4 Å². The molecule has 3 saturated heterocycles. The van der Waals surface area contributed by atoms with Crippen LogP contribution in [-0.4, -0.2) is 96.9 Å². The van der Waals surface area contributed by atoms with Gasteiger partial charge in [-0.05, 0) is 45.4 Å².